The molecule has 0 aromatic rings. The highest BCUT2D eigenvalue weighted by molar-refractivity contribution is 5.85. The van der Waals surface area contributed by atoms with Gasteiger partial charge in [-0.15, -0.1) is 12.3 Å². The van der Waals surface area contributed by atoms with Crippen LogP contribution in [0.5, 0.6) is 0 Å². The van der Waals surface area contributed by atoms with E-state index < -0.39 is 5.54 Å². The summed E-state index contributed by atoms with van der Waals surface area (Å²) in [5.41, 5.74) is 4.91. The zero-order valence-electron chi connectivity index (χ0n) is 7.68. The van der Waals surface area contributed by atoms with Crippen LogP contribution in [0.1, 0.15) is 26.7 Å². The number of hydrogen-bond acceptors (Lipinski definition) is 2. The molecule has 0 radical (unpaired) electrons. The topological polar surface area (TPSA) is 55.1 Å². The summed E-state index contributed by atoms with van der Waals surface area (Å²) in [7, 11) is 0. The fraction of sp³-hybridized carbons (Fsp3) is 0.667. The lowest BCUT2D eigenvalue weighted by Crippen LogP contribution is -2.51. The summed E-state index contributed by atoms with van der Waals surface area (Å²) in [4.78, 5) is 11.3. The predicted molar refractivity (Wildman–Crippen MR) is 49.3 cm³/mol. The zero-order chi connectivity index (χ0) is 9.61. The van der Waals surface area contributed by atoms with E-state index in [9.17, 15) is 4.79 Å². The second-order valence-electron chi connectivity index (χ2n) is 2.98. The molecule has 0 aromatic carbocycles. The van der Waals surface area contributed by atoms with Crippen LogP contribution >= 0.6 is 0 Å². The van der Waals surface area contributed by atoms with Crippen molar-refractivity contribution < 1.29 is 4.79 Å². The lowest BCUT2D eigenvalue weighted by Gasteiger charge is -2.20. The van der Waals surface area contributed by atoms with Crippen molar-refractivity contribution in [2.24, 2.45) is 5.73 Å². The molecule has 0 saturated carbocycles. The van der Waals surface area contributed by atoms with E-state index in [0.29, 0.717) is 19.4 Å². The molecule has 0 spiro atoms. The molecule has 3 N–H and O–H groups in total. The quantitative estimate of drug-likeness (QED) is 0.467. The third-order valence-corrected chi connectivity index (χ3v) is 1.81. The number of nitrogens with two attached hydrogens (primary N) is 1. The average molecular weight is 168 g/mol. The Hall–Kier alpha value is -1.01. The fourth-order valence-corrected chi connectivity index (χ4v) is 0.611. The van der Waals surface area contributed by atoms with Gasteiger partial charge in [0.1, 0.15) is 0 Å². The Bertz CT molecular complexity index is 191. The maximum absolute atomic E-state index is 11.3. The second kappa shape index (κ2) is 4.78. The van der Waals surface area contributed by atoms with Gasteiger partial charge in [-0.05, 0) is 13.3 Å². The van der Waals surface area contributed by atoms with E-state index in [1.165, 1.54) is 0 Å². The molecule has 0 rings (SSSR count). The van der Waals surface area contributed by atoms with Gasteiger partial charge in [-0.3, -0.25) is 4.79 Å². The molecule has 0 fully saturated rings. The van der Waals surface area contributed by atoms with Crippen LogP contribution in [0.4, 0.5) is 0 Å². The molecule has 0 aliphatic heterocycles. The minimum atomic E-state index is -0.769. The van der Waals surface area contributed by atoms with Gasteiger partial charge in [-0.25, -0.2) is 0 Å². The summed E-state index contributed by atoms with van der Waals surface area (Å²) in [6.45, 7) is 4.08. The normalized spacial score (nSPS) is 14.5. The summed E-state index contributed by atoms with van der Waals surface area (Å²) in [6.07, 6.45) is 6.19. The van der Waals surface area contributed by atoms with Crippen molar-refractivity contribution >= 4 is 5.91 Å². The molecular weight excluding hydrogens is 152 g/mol. The minimum Gasteiger partial charge on any atom is -0.354 e. The molecule has 3 nitrogen and oxygen atoms in total. The van der Waals surface area contributed by atoms with Crippen LogP contribution in [0, 0.1) is 12.3 Å². The number of terminal acetylenes is 1. The van der Waals surface area contributed by atoms with Crippen LogP contribution in [-0.2, 0) is 4.79 Å². The largest absolute Gasteiger partial charge is 0.354 e. The third kappa shape index (κ3) is 3.40. The van der Waals surface area contributed by atoms with Crippen LogP contribution in [0.25, 0.3) is 0 Å². The summed E-state index contributed by atoms with van der Waals surface area (Å²) in [5.74, 6) is 2.30. The first kappa shape index (κ1) is 11.0. The van der Waals surface area contributed by atoms with Crippen molar-refractivity contribution in [1.29, 1.82) is 0 Å². The summed E-state index contributed by atoms with van der Waals surface area (Å²) in [5, 5.41) is 2.67. The van der Waals surface area contributed by atoms with Crippen molar-refractivity contribution in [2.75, 3.05) is 6.54 Å². The Kier molecular flexibility index (Phi) is 4.38. The van der Waals surface area contributed by atoms with E-state index in [2.05, 4.69) is 11.2 Å². The maximum atomic E-state index is 11.3. The first-order valence-corrected chi connectivity index (χ1v) is 4.05. The molecule has 0 aromatic heterocycles. The number of rotatable bonds is 4. The second-order valence-corrected chi connectivity index (χ2v) is 2.98. The van der Waals surface area contributed by atoms with Crippen LogP contribution in [0.2, 0.25) is 0 Å². The molecule has 0 saturated heterocycles. The van der Waals surface area contributed by atoms with Crippen LogP contribution < -0.4 is 11.1 Å². The molecule has 68 valence electrons. The first-order chi connectivity index (χ1) is 5.54. The molecule has 0 heterocycles. The van der Waals surface area contributed by atoms with Crippen molar-refractivity contribution in [3.63, 3.8) is 0 Å². The Balaban J connectivity index is 3.81. The van der Waals surface area contributed by atoms with Gasteiger partial charge in [0.2, 0.25) is 5.91 Å². The van der Waals surface area contributed by atoms with E-state index in [0.717, 1.165) is 0 Å². The summed E-state index contributed by atoms with van der Waals surface area (Å²) < 4.78 is 0. The summed E-state index contributed by atoms with van der Waals surface area (Å²) >= 11 is 0. The predicted octanol–water partition coefficient (Wildman–Crippen LogP) is 0.253. The van der Waals surface area contributed by atoms with E-state index in [1.807, 2.05) is 6.92 Å². The summed E-state index contributed by atoms with van der Waals surface area (Å²) in [6, 6.07) is 0. The Labute approximate surface area is 73.7 Å². The van der Waals surface area contributed by atoms with Gasteiger partial charge >= 0.3 is 0 Å². The van der Waals surface area contributed by atoms with Gasteiger partial charge in [0.15, 0.2) is 0 Å². The first-order valence-electron chi connectivity index (χ1n) is 4.05. The van der Waals surface area contributed by atoms with Crippen LogP contribution in [0.3, 0.4) is 0 Å². The van der Waals surface area contributed by atoms with E-state index in [4.69, 9.17) is 12.2 Å². The highest BCUT2D eigenvalue weighted by Gasteiger charge is 2.24. The van der Waals surface area contributed by atoms with Crippen LogP contribution in [-0.4, -0.2) is 18.0 Å². The fourth-order valence-electron chi connectivity index (χ4n) is 0.611. The van der Waals surface area contributed by atoms with Gasteiger partial charge in [0.05, 0.1) is 5.54 Å². The number of hydrogen-bond donors (Lipinski definition) is 2. The maximum Gasteiger partial charge on any atom is 0.239 e. The number of carbonyl (C=O) groups excluding carboxylic acids is 1. The molecule has 1 amide bonds. The lowest BCUT2D eigenvalue weighted by molar-refractivity contribution is -0.125. The van der Waals surface area contributed by atoms with E-state index in [-0.39, 0.29) is 5.91 Å². The SMILES string of the molecule is C#CCCNC(=O)C(C)(N)CC. The Morgan fingerprint density at radius 3 is 2.75 bits per heavy atom. The molecular formula is C9H16N2O. The van der Waals surface area contributed by atoms with Gasteiger partial charge in [0, 0.05) is 13.0 Å². The number of amides is 1. The van der Waals surface area contributed by atoms with Gasteiger partial charge in [-0.1, -0.05) is 6.92 Å². The van der Waals surface area contributed by atoms with Gasteiger partial charge < -0.3 is 11.1 Å². The zero-order valence-corrected chi connectivity index (χ0v) is 7.68. The highest BCUT2D eigenvalue weighted by Crippen LogP contribution is 2.03. The van der Waals surface area contributed by atoms with E-state index >= 15 is 0 Å². The monoisotopic (exact) mass is 168 g/mol. The van der Waals surface area contributed by atoms with Crippen molar-refractivity contribution in [2.45, 2.75) is 32.2 Å². The molecule has 0 aliphatic rings. The molecule has 1 unspecified atom stereocenters. The Morgan fingerprint density at radius 1 is 1.75 bits per heavy atom. The third-order valence-electron chi connectivity index (χ3n) is 1.81. The highest BCUT2D eigenvalue weighted by atomic mass is 16.2. The average Bonchev–Trinajstić information content (AvgIpc) is 2.05. The lowest BCUT2D eigenvalue weighted by atomic mass is 10.00. The van der Waals surface area contributed by atoms with Crippen molar-refractivity contribution in [3.8, 4) is 12.3 Å². The van der Waals surface area contributed by atoms with Crippen LogP contribution in [0.15, 0.2) is 0 Å². The molecule has 3 heteroatoms. The molecule has 0 bridgehead atoms. The van der Waals surface area contributed by atoms with E-state index in [1.54, 1.807) is 6.92 Å². The van der Waals surface area contributed by atoms with Gasteiger partial charge in [-0.2, -0.15) is 0 Å². The van der Waals surface area contributed by atoms with Gasteiger partial charge in [0.25, 0.3) is 0 Å². The standard InChI is InChI=1S/C9H16N2O/c1-4-6-7-11-8(12)9(3,10)5-2/h1H,5-7,10H2,2-3H3,(H,11,12). The number of nitrogens with one attached hydrogen (secondary N) is 1. The van der Waals surface area contributed by atoms with Crippen molar-refractivity contribution in [3.05, 3.63) is 0 Å². The molecule has 12 heavy (non-hydrogen) atoms. The molecule has 1 atom stereocenters. The van der Waals surface area contributed by atoms with Crippen molar-refractivity contribution in [1.82, 2.24) is 5.32 Å². The molecule has 0 aliphatic carbocycles. The number of carbonyl (C=O) groups is 1. The smallest absolute Gasteiger partial charge is 0.239 e. The minimum absolute atomic E-state index is 0.139. The Morgan fingerprint density at radius 2 is 2.33 bits per heavy atom.